The van der Waals surface area contributed by atoms with Crippen LogP contribution >= 0.6 is 11.6 Å². The van der Waals surface area contributed by atoms with Gasteiger partial charge in [-0.1, -0.05) is 37.9 Å². The van der Waals surface area contributed by atoms with Gasteiger partial charge in [0.05, 0.1) is 13.2 Å². The molecule has 2 N–H and O–H groups in total. The molecule has 0 aliphatic carbocycles. The van der Waals surface area contributed by atoms with Crippen molar-refractivity contribution in [3.63, 3.8) is 0 Å². The molecule has 1 aromatic carbocycles. The second-order valence-corrected chi connectivity index (χ2v) is 6.71. The monoisotopic (exact) mass is 310 g/mol. The fourth-order valence-electron chi connectivity index (χ4n) is 3.20. The van der Waals surface area contributed by atoms with E-state index in [9.17, 15) is 0 Å². The minimum absolute atomic E-state index is 0.134. The second-order valence-electron chi connectivity index (χ2n) is 6.31. The Hall–Kier alpha value is -0.770. The molecule has 1 saturated heterocycles. The highest BCUT2D eigenvalue weighted by atomic mass is 35.5. The van der Waals surface area contributed by atoms with E-state index in [1.165, 1.54) is 19.3 Å². The molecule has 4 heteroatoms. The van der Waals surface area contributed by atoms with Crippen LogP contribution in [-0.2, 0) is 0 Å². The van der Waals surface area contributed by atoms with E-state index >= 15 is 0 Å². The topological polar surface area (TPSA) is 38.5 Å². The van der Waals surface area contributed by atoms with Crippen molar-refractivity contribution in [2.24, 2.45) is 11.1 Å². The van der Waals surface area contributed by atoms with Crippen molar-refractivity contribution in [1.29, 1.82) is 0 Å². The van der Waals surface area contributed by atoms with Gasteiger partial charge in [-0.2, -0.15) is 0 Å². The molecule has 0 bridgehead atoms. The zero-order valence-corrected chi connectivity index (χ0v) is 14.1. The maximum absolute atomic E-state index is 6.42. The number of nitrogens with zero attached hydrogens (tertiary/aromatic N) is 1. The molecule has 21 heavy (non-hydrogen) atoms. The van der Waals surface area contributed by atoms with Crippen molar-refractivity contribution in [3.8, 4) is 5.75 Å². The van der Waals surface area contributed by atoms with Gasteiger partial charge in [-0.3, -0.25) is 4.90 Å². The molecule has 1 atom stereocenters. The van der Waals surface area contributed by atoms with Crippen LogP contribution in [0.2, 0.25) is 5.02 Å². The van der Waals surface area contributed by atoms with Crippen LogP contribution in [0.25, 0.3) is 0 Å². The van der Waals surface area contributed by atoms with Crippen molar-refractivity contribution in [2.45, 2.75) is 39.2 Å². The number of ether oxygens (including phenoxy) is 1. The van der Waals surface area contributed by atoms with Crippen LogP contribution in [-0.4, -0.2) is 31.6 Å². The highest BCUT2D eigenvalue weighted by Gasteiger charge is 2.33. The predicted molar refractivity (Wildman–Crippen MR) is 89.0 cm³/mol. The third kappa shape index (κ3) is 3.53. The summed E-state index contributed by atoms with van der Waals surface area (Å²) in [5, 5.41) is 0.744. The predicted octanol–water partition coefficient (Wildman–Crippen LogP) is 3.86. The van der Waals surface area contributed by atoms with Gasteiger partial charge in [0, 0.05) is 17.1 Å². The largest absolute Gasteiger partial charge is 0.496 e. The fraction of sp³-hybridized carbons (Fsp3) is 0.647. The van der Waals surface area contributed by atoms with Crippen LogP contribution in [0.5, 0.6) is 5.75 Å². The molecule has 0 amide bonds. The lowest BCUT2D eigenvalue weighted by Gasteiger charge is -2.42. The van der Waals surface area contributed by atoms with Gasteiger partial charge in [-0.25, -0.2) is 0 Å². The number of rotatable bonds is 5. The third-order valence-electron chi connectivity index (χ3n) is 5.09. The number of hydrogen-bond donors (Lipinski definition) is 1. The Kier molecular flexibility index (Phi) is 5.53. The molecule has 2 rings (SSSR count). The zero-order valence-electron chi connectivity index (χ0n) is 13.4. The number of piperidine rings is 1. The zero-order chi connectivity index (χ0) is 15.5. The molecule has 3 nitrogen and oxygen atoms in total. The molecule has 1 heterocycles. The number of nitrogens with two attached hydrogens (primary N) is 1. The van der Waals surface area contributed by atoms with Crippen LogP contribution in [0.1, 0.15) is 44.7 Å². The summed E-state index contributed by atoms with van der Waals surface area (Å²) in [4.78, 5) is 2.46. The smallest absolute Gasteiger partial charge is 0.125 e. The Morgan fingerprint density at radius 2 is 2.05 bits per heavy atom. The minimum Gasteiger partial charge on any atom is -0.496 e. The molecule has 1 aliphatic heterocycles. The molecular formula is C17H27ClN2O. The van der Waals surface area contributed by atoms with Gasteiger partial charge in [-0.05, 0) is 43.5 Å². The van der Waals surface area contributed by atoms with Crippen molar-refractivity contribution < 1.29 is 4.74 Å². The minimum atomic E-state index is 0.134. The molecule has 0 saturated carbocycles. The van der Waals surface area contributed by atoms with E-state index in [1.54, 1.807) is 7.11 Å². The summed E-state index contributed by atoms with van der Waals surface area (Å²) in [5.41, 5.74) is 7.58. The van der Waals surface area contributed by atoms with Crippen LogP contribution in [0.3, 0.4) is 0 Å². The van der Waals surface area contributed by atoms with Crippen LogP contribution in [0, 0.1) is 5.41 Å². The Morgan fingerprint density at radius 1 is 1.38 bits per heavy atom. The first-order valence-corrected chi connectivity index (χ1v) is 8.19. The number of methoxy groups -OCH3 is 1. The van der Waals surface area contributed by atoms with Gasteiger partial charge in [0.25, 0.3) is 0 Å². The van der Waals surface area contributed by atoms with Crippen LogP contribution < -0.4 is 10.5 Å². The summed E-state index contributed by atoms with van der Waals surface area (Å²) < 4.78 is 5.50. The highest BCUT2D eigenvalue weighted by Crippen LogP contribution is 2.40. The van der Waals surface area contributed by atoms with E-state index in [2.05, 4.69) is 18.7 Å². The van der Waals surface area contributed by atoms with E-state index in [0.29, 0.717) is 12.0 Å². The third-order valence-corrected chi connectivity index (χ3v) is 5.42. The molecule has 0 radical (unpaired) electrons. The highest BCUT2D eigenvalue weighted by molar-refractivity contribution is 6.31. The second kappa shape index (κ2) is 6.99. The van der Waals surface area contributed by atoms with E-state index in [0.717, 1.165) is 29.4 Å². The molecule has 1 aromatic rings. The summed E-state index contributed by atoms with van der Waals surface area (Å²) in [6, 6.07) is 5.93. The maximum atomic E-state index is 6.42. The number of hydrogen-bond acceptors (Lipinski definition) is 3. The van der Waals surface area contributed by atoms with Gasteiger partial charge in [-0.15, -0.1) is 0 Å². The molecule has 0 spiro atoms. The Labute approximate surface area is 133 Å². The fourth-order valence-corrected chi connectivity index (χ4v) is 3.49. The molecular weight excluding hydrogens is 284 g/mol. The van der Waals surface area contributed by atoms with E-state index < -0.39 is 0 Å². The molecule has 0 aromatic heterocycles. The van der Waals surface area contributed by atoms with E-state index in [1.807, 2.05) is 18.2 Å². The van der Waals surface area contributed by atoms with Crippen LogP contribution in [0.15, 0.2) is 18.2 Å². The summed E-state index contributed by atoms with van der Waals surface area (Å²) in [5.74, 6) is 0.835. The van der Waals surface area contributed by atoms with Gasteiger partial charge in [0.15, 0.2) is 0 Å². The SMILES string of the molecule is CCC1(C)CCN(C(CN)c2c(Cl)cccc2OC)CC1. The number of halogens is 1. The van der Waals surface area contributed by atoms with Crippen molar-refractivity contribution in [2.75, 3.05) is 26.7 Å². The first-order valence-electron chi connectivity index (χ1n) is 7.81. The van der Waals surface area contributed by atoms with Gasteiger partial charge in [0.2, 0.25) is 0 Å². The summed E-state index contributed by atoms with van der Waals surface area (Å²) in [7, 11) is 1.69. The summed E-state index contributed by atoms with van der Waals surface area (Å²) >= 11 is 6.42. The first kappa shape index (κ1) is 16.6. The van der Waals surface area contributed by atoms with E-state index in [4.69, 9.17) is 22.1 Å². The summed E-state index contributed by atoms with van der Waals surface area (Å²) in [6.45, 7) is 7.37. The Bertz CT molecular complexity index is 470. The van der Waals surface area contributed by atoms with Gasteiger partial charge < -0.3 is 10.5 Å². The summed E-state index contributed by atoms with van der Waals surface area (Å²) in [6.07, 6.45) is 3.67. The lowest BCUT2D eigenvalue weighted by molar-refractivity contribution is 0.0820. The number of likely N-dealkylation sites (tertiary alicyclic amines) is 1. The van der Waals surface area contributed by atoms with Crippen molar-refractivity contribution in [3.05, 3.63) is 28.8 Å². The molecule has 1 unspecified atom stereocenters. The normalized spacial score (nSPS) is 20.2. The lowest BCUT2D eigenvalue weighted by atomic mass is 9.77. The number of benzene rings is 1. The molecule has 1 fully saturated rings. The molecule has 118 valence electrons. The lowest BCUT2D eigenvalue weighted by Crippen LogP contribution is -2.43. The molecule has 1 aliphatic rings. The van der Waals surface area contributed by atoms with Crippen molar-refractivity contribution in [1.82, 2.24) is 4.90 Å². The quantitative estimate of drug-likeness (QED) is 0.897. The standard InChI is InChI=1S/C17H27ClN2O/c1-4-17(2)8-10-20(11-9-17)14(12-19)16-13(18)6-5-7-15(16)21-3/h5-7,14H,4,8-12,19H2,1-3H3. The van der Waals surface area contributed by atoms with Crippen LogP contribution in [0.4, 0.5) is 0 Å². The average Bonchev–Trinajstić information content (AvgIpc) is 2.51. The van der Waals surface area contributed by atoms with Gasteiger partial charge >= 0.3 is 0 Å². The van der Waals surface area contributed by atoms with Gasteiger partial charge in [0.1, 0.15) is 5.75 Å². The average molecular weight is 311 g/mol. The van der Waals surface area contributed by atoms with E-state index in [-0.39, 0.29) is 6.04 Å². The Balaban J connectivity index is 2.22. The Morgan fingerprint density at radius 3 is 2.57 bits per heavy atom. The maximum Gasteiger partial charge on any atom is 0.125 e. The van der Waals surface area contributed by atoms with Crippen molar-refractivity contribution >= 4 is 11.6 Å². The first-order chi connectivity index (χ1) is 10.0.